The maximum Gasteiger partial charge on any atom is 0.340 e. The smallest absolute Gasteiger partial charge is 0.340 e. The van der Waals surface area contributed by atoms with Crippen LogP contribution in [0.15, 0.2) is 18.2 Å². The summed E-state index contributed by atoms with van der Waals surface area (Å²) in [7, 11) is 4.30. The number of carbonyl (C=O) groups excluding carboxylic acids is 2. The Balaban J connectivity index is 3.17. The average Bonchev–Trinajstić information content (AvgIpc) is 2.27. The summed E-state index contributed by atoms with van der Waals surface area (Å²) >= 11 is 0. The van der Waals surface area contributed by atoms with E-state index in [0.29, 0.717) is 0 Å². The molecule has 0 N–H and O–H groups in total. The number of ether oxygens (including phenoxy) is 1. The van der Waals surface area contributed by atoms with Crippen LogP contribution >= 0.6 is 0 Å². The van der Waals surface area contributed by atoms with Crippen LogP contribution in [0.5, 0.6) is 0 Å². The molecule has 86 valence electrons. The van der Waals surface area contributed by atoms with Crippen LogP contribution in [0.4, 0.5) is 4.39 Å². The van der Waals surface area contributed by atoms with Crippen molar-refractivity contribution < 1.29 is 18.7 Å². The van der Waals surface area contributed by atoms with Gasteiger partial charge in [0.2, 0.25) is 0 Å². The lowest BCUT2D eigenvalue weighted by Crippen LogP contribution is -2.22. The maximum absolute atomic E-state index is 13.2. The molecule has 0 atom stereocenters. The van der Waals surface area contributed by atoms with Gasteiger partial charge in [-0.25, -0.2) is 9.18 Å². The van der Waals surface area contributed by atoms with Crippen LogP contribution in [0.25, 0.3) is 0 Å². The van der Waals surface area contributed by atoms with Gasteiger partial charge in [0, 0.05) is 19.7 Å². The highest BCUT2D eigenvalue weighted by Crippen LogP contribution is 2.12. The van der Waals surface area contributed by atoms with Gasteiger partial charge in [0.15, 0.2) is 0 Å². The SMILES string of the molecule is COC(=O)c1cc(C(=O)N(C)C)ccc1F. The summed E-state index contributed by atoms with van der Waals surface area (Å²) in [5.74, 6) is -1.81. The third kappa shape index (κ3) is 2.36. The summed E-state index contributed by atoms with van der Waals surface area (Å²) in [4.78, 5) is 24.1. The first-order valence-corrected chi connectivity index (χ1v) is 4.57. The molecule has 0 saturated heterocycles. The van der Waals surface area contributed by atoms with Crippen molar-refractivity contribution >= 4 is 11.9 Å². The zero-order valence-electron chi connectivity index (χ0n) is 9.28. The Morgan fingerprint density at radius 1 is 1.31 bits per heavy atom. The van der Waals surface area contributed by atoms with Gasteiger partial charge in [-0.1, -0.05) is 0 Å². The Hall–Kier alpha value is -1.91. The molecule has 1 amide bonds. The molecule has 0 aliphatic carbocycles. The topological polar surface area (TPSA) is 46.6 Å². The second-order valence-corrected chi connectivity index (χ2v) is 3.39. The van der Waals surface area contributed by atoms with Crippen molar-refractivity contribution in [1.82, 2.24) is 4.90 Å². The van der Waals surface area contributed by atoms with Crippen LogP contribution < -0.4 is 0 Å². The number of amides is 1. The quantitative estimate of drug-likeness (QED) is 0.713. The molecule has 0 bridgehead atoms. The summed E-state index contributed by atoms with van der Waals surface area (Å²) in [5.41, 5.74) is 0.00185. The lowest BCUT2D eigenvalue weighted by atomic mass is 10.1. The largest absolute Gasteiger partial charge is 0.465 e. The van der Waals surface area contributed by atoms with E-state index >= 15 is 0 Å². The first kappa shape index (κ1) is 12.2. The van der Waals surface area contributed by atoms with Crippen molar-refractivity contribution in [3.05, 3.63) is 35.1 Å². The third-order valence-corrected chi connectivity index (χ3v) is 2.02. The lowest BCUT2D eigenvalue weighted by Gasteiger charge is -2.11. The van der Waals surface area contributed by atoms with Crippen LogP contribution in [0.1, 0.15) is 20.7 Å². The monoisotopic (exact) mass is 225 g/mol. The van der Waals surface area contributed by atoms with Crippen LogP contribution in [0.3, 0.4) is 0 Å². The van der Waals surface area contributed by atoms with Gasteiger partial charge in [0.05, 0.1) is 12.7 Å². The number of nitrogens with zero attached hydrogens (tertiary/aromatic N) is 1. The van der Waals surface area contributed by atoms with E-state index in [9.17, 15) is 14.0 Å². The molecule has 1 rings (SSSR count). The minimum atomic E-state index is -0.800. The van der Waals surface area contributed by atoms with Crippen LogP contribution in [-0.4, -0.2) is 38.0 Å². The number of carbonyl (C=O) groups is 2. The molecule has 0 heterocycles. The third-order valence-electron chi connectivity index (χ3n) is 2.02. The van der Waals surface area contributed by atoms with Gasteiger partial charge < -0.3 is 9.64 Å². The Kier molecular flexibility index (Phi) is 3.60. The maximum atomic E-state index is 13.2. The van der Waals surface area contributed by atoms with E-state index in [1.165, 1.54) is 17.0 Å². The van der Waals surface area contributed by atoms with Crippen molar-refractivity contribution in [2.24, 2.45) is 0 Å². The summed E-state index contributed by atoms with van der Waals surface area (Å²) in [6, 6.07) is 3.58. The first-order valence-electron chi connectivity index (χ1n) is 4.57. The number of benzene rings is 1. The van der Waals surface area contributed by atoms with E-state index in [2.05, 4.69) is 4.74 Å². The Morgan fingerprint density at radius 2 is 1.94 bits per heavy atom. The standard InChI is InChI=1S/C11H12FNO3/c1-13(2)10(14)7-4-5-9(12)8(6-7)11(15)16-3/h4-6H,1-3H3. The van der Waals surface area contributed by atoms with Crippen LogP contribution in [0, 0.1) is 5.82 Å². The second-order valence-electron chi connectivity index (χ2n) is 3.39. The normalized spacial score (nSPS) is 9.75. The molecular weight excluding hydrogens is 213 g/mol. The Labute approximate surface area is 92.6 Å². The van der Waals surface area contributed by atoms with Gasteiger partial charge in [-0.3, -0.25) is 4.79 Å². The number of esters is 1. The Morgan fingerprint density at radius 3 is 2.44 bits per heavy atom. The highest BCUT2D eigenvalue weighted by molar-refractivity contribution is 5.97. The number of hydrogen-bond donors (Lipinski definition) is 0. The molecule has 5 heteroatoms. The minimum absolute atomic E-state index is 0.241. The molecule has 1 aromatic carbocycles. The highest BCUT2D eigenvalue weighted by atomic mass is 19.1. The van der Waals surface area contributed by atoms with Gasteiger partial charge in [-0.05, 0) is 18.2 Å². The van der Waals surface area contributed by atoms with Gasteiger partial charge >= 0.3 is 5.97 Å². The van der Waals surface area contributed by atoms with Crippen molar-refractivity contribution in [2.75, 3.05) is 21.2 Å². The van der Waals surface area contributed by atoms with Crippen molar-refractivity contribution in [3.8, 4) is 0 Å². The summed E-state index contributed by atoms with van der Waals surface area (Å²) < 4.78 is 17.7. The van der Waals surface area contributed by atoms with E-state index in [-0.39, 0.29) is 17.0 Å². The van der Waals surface area contributed by atoms with Crippen molar-refractivity contribution in [1.29, 1.82) is 0 Å². The number of halogens is 1. The highest BCUT2D eigenvalue weighted by Gasteiger charge is 2.16. The van der Waals surface area contributed by atoms with Gasteiger partial charge in [0.1, 0.15) is 5.82 Å². The van der Waals surface area contributed by atoms with E-state index in [1.807, 2.05) is 0 Å². The predicted molar refractivity (Wildman–Crippen MR) is 55.8 cm³/mol. The summed E-state index contributed by atoms with van der Waals surface area (Å²) in [6.07, 6.45) is 0. The molecule has 0 spiro atoms. The Bertz CT molecular complexity index is 429. The minimum Gasteiger partial charge on any atom is -0.465 e. The predicted octanol–water partition coefficient (Wildman–Crippen LogP) is 1.31. The number of hydrogen-bond acceptors (Lipinski definition) is 3. The summed E-state index contributed by atoms with van der Waals surface area (Å²) in [6.45, 7) is 0. The molecule has 0 fully saturated rings. The molecule has 0 saturated carbocycles. The van der Waals surface area contributed by atoms with E-state index < -0.39 is 11.8 Å². The molecule has 0 aliphatic heterocycles. The second kappa shape index (κ2) is 4.74. The van der Waals surface area contributed by atoms with E-state index in [0.717, 1.165) is 13.2 Å². The average molecular weight is 225 g/mol. The van der Waals surface area contributed by atoms with Gasteiger partial charge in [0.25, 0.3) is 5.91 Å². The fourth-order valence-corrected chi connectivity index (χ4v) is 1.18. The number of methoxy groups -OCH3 is 1. The number of rotatable bonds is 2. The zero-order valence-corrected chi connectivity index (χ0v) is 9.28. The molecule has 1 aromatic rings. The molecule has 0 radical (unpaired) electrons. The van der Waals surface area contributed by atoms with E-state index in [4.69, 9.17) is 0 Å². The van der Waals surface area contributed by atoms with Gasteiger partial charge in [-0.15, -0.1) is 0 Å². The molecule has 4 nitrogen and oxygen atoms in total. The van der Waals surface area contributed by atoms with E-state index in [1.54, 1.807) is 14.1 Å². The van der Waals surface area contributed by atoms with Crippen LogP contribution in [0.2, 0.25) is 0 Å². The zero-order chi connectivity index (χ0) is 12.3. The first-order chi connectivity index (χ1) is 7.47. The molecule has 0 aromatic heterocycles. The van der Waals surface area contributed by atoms with Crippen molar-refractivity contribution in [2.45, 2.75) is 0 Å². The lowest BCUT2D eigenvalue weighted by molar-refractivity contribution is 0.0595. The molecular formula is C11H12FNO3. The fourth-order valence-electron chi connectivity index (χ4n) is 1.18. The summed E-state index contributed by atoms with van der Waals surface area (Å²) in [5, 5.41) is 0. The van der Waals surface area contributed by atoms with Gasteiger partial charge in [-0.2, -0.15) is 0 Å². The molecule has 16 heavy (non-hydrogen) atoms. The molecule has 0 aliphatic rings. The fraction of sp³-hybridized carbons (Fsp3) is 0.273. The van der Waals surface area contributed by atoms with Crippen LogP contribution in [-0.2, 0) is 4.74 Å². The molecule has 0 unspecified atom stereocenters. The van der Waals surface area contributed by atoms with Crippen molar-refractivity contribution in [3.63, 3.8) is 0 Å².